The van der Waals surface area contributed by atoms with Crippen LogP contribution >= 0.6 is 0 Å². The molecule has 0 saturated carbocycles. The summed E-state index contributed by atoms with van der Waals surface area (Å²) in [4.78, 5) is 17.3. The number of aryl methyl sites for hydroxylation is 1. The number of para-hydroxylation sites is 1. The lowest BCUT2D eigenvalue weighted by Crippen LogP contribution is -2.13. The van der Waals surface area contributed by atoms with E-state index < -0.39 is 0 Å². The van der Waals surface area contributed by atoms with Crippen molar-refractivity contribution >= 4 is 11.6 Å². The Morgan fingerprint density at radius 3 is 2.62 bits per heavy atom. The Morgan fingerprint density at radius 2 is 1.83 bits per heavy atom. The van der Waals surface area contributed by atoms with Crippen LogP contribution in [-0.2, 0) is 13.0 Å². The van der Waals surface area contributed by atoms with Gasteiger partial charge < -0.3 is 9.88 Å². The molecule has 0 bridgehead atoms. The van der Waals surface area contributed by atoms with Gasteiger partial charge in [-0.15, -0.1) is 0 Å². The zero-order valence-corrected chi connectivity index (χ0v) is 16.2. The molecular formula is C23H21N5O. The Morgan fingerprint density at radius 1 is 1.03 bits per heavy atom. The highest BCUT2D eigenvalue weighted by atomic mass is 16.1. The third kappa shape index (κ3) is 3.12. The van der Waals surface area contributed by atoms with Crippen LogP contribution in [0.25, 0.3) is 16.9 Å². The zero-order chi connectivity index (χ0) is 19.8. The Labute approximate surface area is 168 Å². The molecule has 2 aromatic heterocycles. The van der Waals surface area contributed by atoms with Crippen molar-refractivity contribution in [3.05, 3.63) is 84.1 Å². The molecule has 144 valence electrons. The van der Waals surface area contributed by atoms with Gasteiger partial charge in [-0.3, -0.25) is 4.79 Å². The van der Waals surface area contributed by atoms with Gasteiger partial charge in [-0.1, -0.05) is 30.3 Å². The molecule has 1 N–H and O–H groups in total. The van der Waals surface area contributed by atoms with Gasteiger partial charge in [-0.05, 0) is 43.2 Å². The molecule has 0 spiro atoms. The highest BCUT2D eigenvalue weighted by Crippen LogP contribution is 2.26. The molecule has 1 aliphatic heterocycles. The normalized spacial score (nSPS) is 12.7. The second kappa shape index (κ2) is 7.05. The molecule has 0 saturated heterocycles. The number of carbonyl (C=O) groups is 1. The fraction of sp³-hybridized carbons (Fsp3) is 0.174. The molecule has 0 aliphatic carbocycles. The Bertz CT molecular complexity index is 1170. The fourth-order valence-electron chi connectivity index (χ4n) is 3.87. The van der Waals surface area contributed by atoms with Gasteiger partial charge >= 0.3 is 0 Å². The van der Waals surface area contributed by atoms with E-state index in [2.05, 4.69) is 20.0 Å². The number of benzene rings is 2. The molecule has 0 unspecified atom stereocenters. The molecule has 3 heterocycles. The van der Waals surface area contributed by atoms with Crippen LogP contribution in [0.15, 0.2) is 67.0 Å². The summed E-state index contributed by atoms with van der Waals surface area (Å²) in [5, 5.41) is 7.35. The molecule has 2 aromatic carbocycles. The number of aromatic nitrogens is 4. The summed E-state index contributed by atoms with van der Waals surface area (Å²) >= 11 is 0. The number of hydrogen-bond acceptors (Lipinski definition) is 3. The minimum Gasteiger partial charge on any atom is -0.328 e. The highest BCUT2D eigenvalue weighted by Gasteiger charge is 2.17. The van der Waals surface area contributed by atoms with Crippen molar-refractivity contribution in [1.82, 2.24) is 19.3 Å². The van der Waals surface area contributed by atoms with Gasteiger partial charge in [0.25, 0.3) is 5.91 Å². The van der Waals surface area contributed by atoms with E-state index in [0.29, 0.717) is 5.56 Å². The summed E-state index contributed by atoms with van der Waals surface area (Å²) in [5.74, 6) is 0.992. The van der Waals surface area contributed by atoms with E-state index in [-0.39, 0.29) is 5.91 Å². The third-order valence-electron chi connectivity index (χ3n) is 5.41. The van der Waals surface area contributed by atoms with E-state index in [1.165, 1.54) is 0 Å². The number of imidazole rings is 1. The van der Waals surface area contributed by atoms with Crippen molar-refractivity contribution in [2.45, 2.75) is 26.3 Å². The number of nitrogens with zero attached hydrogens (tertiary/aromatic N) is 4. The van der Waals surface area contributed by atoms with Crippen LogP contribution < -0.4 is 5.32 Å². The summed E-state index contributed by atoms with van der Waals surface area (Å²) < 4.78 is 4.05. The lowest BCUT2D eigenvalue weighted by molar-refractivity contribution is 0.102. The third-order valence-corrected chi connectivity index (χ3v) is 5.41. The minimum atomic E-state index is -0.164. The zero-order valence-electron chi connectivity index (χ0n) is 16.2. The van der Waals surface area contributed by atoms with E-state index in [1.807, 2.05) is 67.7 Å². The standard InChI is InChI=1S/C23H21N5O/c1-16-20(14-25-28(16)19-6-3-2-4-7-19)23(29)26-18-11-9-17(10-12-18)21-15-24-22-8-5-13-27(21)22/h2-4,6-7,9-12,14-15H,5,8,13H2,1H3,(H,26,29). The lowest BCUT2D eigenvalue weighted by Gasteiger charge is -2.08. The van der Waals surface area contributed by atoms with Crippen molar-refractivity contribution in [2.75, 3.05) is 5.32 Å². The number of carbonyl (C=O) groups excluding carboxylic acids is 1. The van der Waals surface area contributed by atoms with Gasteiger partial charge in [0.1, 0.15) is 5.82 Å². The topological polar surface area (TPSA) is 64.7 Å². The van der Waals surface area contributed by atoms with Gasteiger partial charge in [0.2, 0.25) is 0 Å². The Balaban J connectivity index is 1.34. The SMILES string of the molecule is Cc1c(C(=O)Nc2ccc(-c3cnc4n3CCC4)cc2)cnn1-c1ccccc1. The second-order valence-corrected chi connectivity index (χ2v) is 7.24. The monoisotopic (exact) mass is 383 g/mol. The number of anilines is 1. The maximum absolute atomic E-state index is 12.8. The minimum absolute atomic E-state index is 0.164. The second-order valence-electron chi connectivity index (χ2n) is 7.24. The fourth-order valence-corrected chi connectivity index (χ4v) is 3.87. The van der Waals surface area contributed by atoms with Crippen molar-refractivity contribution in [3.8, 4) is 16.9 Å². The van der Waals surface area contributed by atoms with Gasteiger partial charge in [0.05, 0.1) is 35.0 Å². The summed E-state index contributed by atoms with van der Waals surface area (Å²) in [5.41, 5.74) is 5.30. The number of nitrogens with one attached hydrogen (secondary N) is 1. The van der Waals surface area contributed by atoms with Crippen LogP contribution in [-0.4, -0.2) is 25.2 Å². The van der Waals surface area contributed by atoms with Gasteiger partial charge in [0.15, 0.2) is 0 Å². The van der Waals surface area contributed by atoms with Gasteiger partial charge in [-0.25, -0.2) is 9.67 Å². The molecule has 29 heavy (non-hydrogen) atoms. The molecule has 0 radical (unpaired) electrons. The quantitative estimate of drug-likeness (QED) is 0.573. The van der Waals surface area contributed by atoms with Crippen LogP contribution in [0.4, 0.5) is 5.69 Å². The number of amides is 1. The maximum atomic E-state index is 12.8. The average molecular weight is 383 g/mol. The number of fused-ring (bicyclic) bond motifs is 1. The lowest BCUT2D eigenvalue weighted by atomic mass is 10.1. The molecule has 5 rings (SSSR count). The predicted molar refractivity (Wildman–Crippen MR) is 112 cm³/mol. The smallest absolute Gasteiger partial charge is 0.259 e. The van der Waals surface area contributed by atoms with Crippen LogP contribution in [0.5, 0.6) is 0 Å². The van der Waals surface area contributed by atoms with Crippen LogP contribution in [0.2, 0.25) is 0 Å². The highest BCUT2D eigenvalue weighted by molar-refractivity contribution is 6.05. The first-order valence-electron chi connectivity index (χ1n) is 9.77. The van der Waals surface area contributed by atoms with E-state index in [4.69, 9.17) is 0 Å². The first-order chi connectivity index (χ1) is 14.2. The van der Waals surface area contributed by atoms with Crippen LogP contribution in [0.1, 0.15) is 28.3 Å². The van der Waals surface area contributed by atoms with Gasteiger partial charge in [-0.2, -0.15) is 5.10 Å². The van der Waals surface area contributed by atoms with Gasteiger partial charge in [0, 0.05) is 18.7 Å². The molecule has 1 aliphatic rings. The van der Waals surface area contributed by atoms with Crippen molar-refractivity contribution < 1.29 is 4.79 Å². The van der Waals surface area contributed by atoms with Crippen molar-refractivity contribution in [1.29, 1.82) is 0 Å². The largest absolute Gasteiger partial charge is 0.328 e. The molecule has 0 fully saturated rings. The van der Waals surface area contributed by atoms with Crippen molar-refractivity contribution in [2.24, 2.45) is 0 Å². The molecule has 6 heteroatoms. The first kappa shape index (κ1) is 17.4. The summed E-state index contributed by atoms with van der Waals surface area (Å²) in [6.45, 7) is 2.92. The number of rotatable bonds is 4. The van der Waals surface area contributed by atoms with E-state index in [0.717, 1.165) is 53.5 Å². The Kier molecular flexibility index (Phi) is 4.24. The number of hydrogen-bond donors (Lipinski definition) is 1. The van der Waals surface area contributed by atoms with E-state index >= 15 is 0 Å². The predicted octanol–water partition coefficient (Wildman–Crippen LogP) is 4.24. The maximum Gasteiger partial charge on any atom is 0.259 e. The van der Waals surface area contributed by atoms with E-state index in [1.54, 1.807) is 10.9 Å². The summed E-state index contributed by atoms with van der Waals surface area (Å²) in [6.07, 6.45) is 5.75. The Hall–Kier alpha value is -3.67. The van der Waals surface area contributed by atoms with Crippen LogP contribution in [0.3, 0.4) is 0 Å². The average Bonchev–Trinajstić information content (AvgIpc) is 3.45. The molecule has 0 atom stereocenters. The molecular weight excluding hydrogens is 362 g/mol. The van der Waals surface area contributed by atoms with Crippen molar-refractivity contribution in [3.63, 3.8) is 0 Å². The van der Waals surface area contributed by atoms with E-state index in [9.17, 15) is 4.79 Å². The first-order valence-corrected chi connectivity index (χ1v) is 9.77. The molecule has 6 nitrogen and oxygen atoms in total. The summed E-state index contributed by atoms with van der Waals surface area (Å²) in [7, 11) is 0. The molecule has 4 aromatic rings. The molecule has 1 amide bonds. The van der Waals surface area contributed by atoms with Crippen LogP contribution in [0, 0.1) is 6.92 Å². The summed E-state index contributed by atoms with van der Waals surface area (Å²) in [6, 6.07) is 17.7.